The van der Waals surface area contributed by atoms with Crippen molar-refractivity contribution >= 4 is 17.0 Å². The van der Waals surface area contributed by atoms with Crippen molar-refractivity contribution < 1.29 is 14.3 Å². The lowest BCUT2D eigenvalue weighted by atomic mass is 10.3. The number of furan rings is 1. The van der Waals surface area contributed by atoms with E-state index in [1.807, 2.05) is 24.3 Å². The van der Waals surface area contributed by atoms with Gasteiger partial charge in [-0.15, -0.1) is 0 Å². The van der Waals surface area contributed by atoms with E-state index in [2.05, 4.69) is 0 Å². The van der Waals surface area contributed by atoms with Crippen molar-refractivity contribution in [3.05, 3.63) is 58.4 Å². The first kappa shape index (κ1) is 12.3. The average Bonchev–Trinajstić information content (AvgIpc) is 3.00. The third-order valence-corrected chi connectivity index (χ3v) is 3.27. The van der Waals surface area contributed by atoms with Crippen molar-refractivity contribution in [1.29, 1.82) is 0 Å². The van der Waals surface area contributed by atoms with Gasteiger partial charge in [-0.05, 0) is 18.2 Å². The molecule has 3 rings (SSSR count). The van der Waals surface area contributed by atoms with E-state index in [1.165, 1.54) is 12.3 Å². The maximum Gasteiger partial charge on any atom is 0.338 e. The Morgan fingerprint density at radius 1 is 1.30 bits per heavy atom. The van der Waals surface area contributed by atoms with Crippen LogP contribution in [0, 0.1) is 0 Å². The van der Waals surface area contributed by atoms with Gasteiger partial charge in [0.15, 0.2) is 0 Å². The van der Waals surface area contributed by atoms with Crippen LogP contribution in [0.15, 0.2) is 45.8 Å². The van der Waals surface area contributed by atoms with E-state index in [0.717, 1.165) is 11.0 Å². The van der Waals surface area contributed by atoms with Gasteiger partial charge in [0.1, 0.15) is 12.0 Å². The third-order valence-electron chi connectivity index (χ3n) is 3.27. The van der Waals surface area contributed by atoms with E-state index in [1.54, 1.807) is 16.2 Å². The molecule has 0 amide bonds. The summed E-state index contributed by atoms with van der Waals surface area (Å²) in [5.74, 6) is -0.619. The van der Waals surface area contributed by atoms with Crippen molar-refractivity contribution in [2.75, 3.05) is 0 Å². The van der Waals surface area contributed by atoms with Gasteiger partial charge in [0.2, 0.25) is 0 Å². The first-order chi connectivity index (χ1) is 9.58. The first-order valence-electron chi connectivity index (χ1n) is 6.03. The molecule has 3 aromatic rings. The SMILES string of the molecule is Cn1c(=O)n(Cc2cc(C(=O)O)co2)c2ccccc21. The maximum atomic E-state index is 12.2. The zero-order valence-electron chi connectivity index (χ0n) is 10.7. The minimum absolute atomic E-state index is 0.0771. The summed E-state index contributed by atoms with van der Waals surface area (Å²) in [5.41, 5.74) is 1.52. The summed E-state index contributed by atoms with van der Waals surface area (Å²) in [5, 5.41) is 8.86. The van der Waals surface area contributed by atoms with Crippen molar-refractivity contribution in [3.63, 3.8) is 0 Å². The summed E-state index contributed by atoms with van der Waals surface area (Å²) in [7, 11) is 1.70. The molecule has 0 saturated heterocycles. The molecule has 0 aliphatic carbocycles. The third kappa shape index (κ3) is 1.82. The number of carboxylic acid groups (broad SMARTS) is 1. The fourth-order valence-electron chi connectivity index (χ4n) is 2.25. The molecule has 0 aliphatic rings. The number of aryl methyl sites for hydroxylation is 1. The molecule has 0 fully saturated rings. The Balaban J connectivity index is 2.08. The lowest BCUT2D eigenvalue weighted by Gasteiger charge is -1.99. The van der Waals surface area contributed by atoms with Crippen molar-refractivity contribution in [2.24, 2.45) is 7.05 Å². The Labute approximate surface area is 113 Å². The number of aromatic carboxylic acids is 1. The Kier molecular flexibility index (Phi) is 2.71. The molecule has 0 radical (unpaired) electrons. The number of carbonyl (C=O) groups is 1. The molecule has 6 nitrogen and oxygen atoms in total. The van der Waals surface area contributed by atoms with Gasteiger partial charge in [-0.1, -0.05) is 12.1 Å². The first-order valence-corrected chi connectivity index (χ1v) is 6.03. The van der Waals surface area contributed by atoms with Gasteiger partial charge < -0.3 is 9.52 Å². The summed E-state index contributed by atoms with van der Waals surface area (Å²) in [6.45, 7) is 0.202. The van der Waals surface area contributed by atoms with Crippen LogP contribution in [0.25, 0.3) is 11.0 Å². The molecular formula is C14H12N2O4. The quantitative estimate of drug-likeness (QED) is 0.787. The molecular weight excluding hydrogens is 260 g/mol. The van der Waals surface area contributed by atoms with Gasteiger partial charge in [0, 0.05) is 7.05 Å². The second kappa shape index (κ2) is 4.41. The topological polar surface area (TPSA) is 77.4 Å². The minimum atomic E-state index is -1.05. The Hall–Kier alpha value is -2.76. The fourth-order valence-corrected chi connectivity index (χ4v) is 2.25. The lowest BCUT2D eigenvalue weighted by Crippen LogP contribution is -2.22. The van der Waals surface area contributed by atoms with E-state index in [4.69, 9.17) is 9.52 Å². The van der Waals surface area contributed by atoms with Crippen LogP contribution in [0.3, 0.4) is 0 Å². The number of fused-ring (bicyclic) bond motifs is 1. The lowest BCUT2D eigenvalue weighted by molar-refractivity contribution is 0.0696. The van der Waals surface area contributed by atoms with E-state index < -0.39 is 5.97 Å². The number of benzene rings is 1. The molecule has 0 spiro atoms. The standard InChI is InChI=1S/C14H12N2O4/c1-15-11-4-2-3-5-12(11)16(14(15)19)7-10-6-9(8-20-10)13(17)18/h2-6,8H,7H2,1H3,(H,17,18). The normalized spacial score (nSPS) is 11.1. The zero-order chi connectivity index (χ0) is 14.3. The number of rotatable bonds is 3. The maximum absolute atomic E-state index is 12.2. The van der Waals surface area contributed by atoms with Crippen molar-refractivity contribution in [3.8, 4) is 0 Å². The summed E-state index contributed by atoms with van der Waals surface area (Å²) >= 11 is 0. The molecule has 0 unspecified atom stereocenters. The zero-order valence-corrected chi connectivity index (χ0v) is 10.7. The highest BCUT2D eigenvalue weighted by Crippen LogP contribution is 2.15. The summed E-state index contributed by atoms with van der Waals surface area (Å²) < 4.78 is 8.30. The van der Waals surface area contributed by atoms with Crippen LogP contribution in [0.1, 0.15) is 16.1 Å². The van der Waals surface area contributed by atoms with Crippen LogP contribution >= 0.6 is 0 Å². The van der Waals surface area contributed by atoms with Gasteiger partial charge in [0.05, 0.1) is 23.1 Å². The Bertz CT molecular complexity index is 854. The summed E-state index contributed by atoms with van der Waals surface area (Å²) in [4.78, 5) is 23.0. The summed E-state index contributed by atoms with van der Waals surface area (Å²) in [6, 6.07) is 8.84. The van der Waals surface area contributed by atoms with E-state index in [9.17, 15) is 9.59 Å². The highest BCUT2D eigenvalue weighted by atomic mass is 16.4. The van der Waals surface area contributed by atoms with Crippen LogP contribution in [0.4, 0.5) is 0 Å². The number of para-hydroxylation sites is 2. The Morgan fingerprint density at radius 3 is 2.65 bits per heavy atom. The molecule has 6 heteroatoms. The largest absolute Gasteiger partial charge is 0.478 e. The van der Waals surface area contributed by atoms with Crippen LogP contribution in [0.2, 0.25) is 0 Å². The number of hydrogen-bond acceptors (Lipinski definition) is 3. The number of carboxylic acids is 1. The molecule has 2 aromatic heterocycles. The highest BCUT2D eigenvalue weighted by Gasteiger charge is 2.13. The van der Waals surface area contributed by atoms with Crippen molar-refractivity contribution in [2.45, 2.75) is 6.54 Å². The number of nitrogens with zero attached hydrogens (tertiary/aromatic N) is 2. The predicted octanol–water partition coefficient (Wildman–Crippen LogP) is 1.68. The number of hydrogen-bond donors (Lipinski definition) is 1. The highest BCUT2D eigenvalue weighted by molar-refractivity contribution is 5.87. The van der Waals surface area contributed by atoms with Crippen LogP contribution in [0.5, 0.6) is 0 Å². The number of imidazole rings is 1. The van der Waals surface area contributed by atoms with Gasteiger partial charge in [-0.25, -0.2) is 9.59 Å². The van der Waals surface area contributed by atoms with E-state index in [-0.39, 0.29) is 17.8 Å². The van der Waals surface area contributed by atoms with Crippen LogP contribution < -0.4 is 5.69 Å². The molecule has 0 atom stereocenters. The average molecular weight is 272 g/mol. The van der Waals surface area contributed by atoms with Crippen molar-refractivity contribution in [1.82, 2.24) is 9.13 Å². The molecule has 0 saturated carbocycles. The van der Waals surface area contributed by atoms with Crippen LogP contribution in [-0.2, 0) is 13.6 Å². The molecule has 1 aromatic carbocycles. The second-order valence-corrected chi connectivity index (χ2v) is 4.52. The molecule has 0 bridgehead atoms. The summed E-state index contributed by atoms with van der Waals surface area (Å²) in [6.07, 6.45) is 1.17. The van der Waals surface area contributed by atoms with E-state index >= 15 is 0 Å². The number of aromatic nitrogens is 2. The predicted molar refractivity (Wildman–Crippen MR) is 71.9 cm³/mol. The second-order valence-electron chi connectivity index (χ2n) is 4.52. The smallest absolute Gasteiger partial charge is 0.338 e. The monoisotopic (exact) mass is 272 g/mol. The molecule has 1 N–H and O–H groups in total. The molecule has 102 valence electrons. The van der Waals surface area contributed by atoms with Gasteiger partial charge in [-0.3, -0.25) is 9.13 Å². The van der Waals surface area contributed by atoms with Gasteiger partial charge >= 0.3 is 11.7 Å². The minimum Gasteiger partial charge on any atom is -0.478 e. The van der Waals surface area contributed by atoms with Crippen LogP contribution in [-0.4, -0.2) is 20.2 Å². The molecule has 20 heavy (non-hydrogen) atoms. The fraction of sp³-hybridized carbons (Fsp3) is 0.143. The van der Waals surface area contributed by atoms with E-state index in [0.29, 0.717) is 5.76 Å². The molecule has 0 aliphatic heterocycles. The Morgan fingerprint density at radius 2 is 2.00 bits per heavy atom. The molecule has 2 heterocycles. The van der Waals surface area contributed by atoms with Gasteiger partial charge in [-0.2, -0.15) is 0 Å². The van der Waals surface area contributed by atoms with Gasteiger partial charge in [0.25, 0.3) is 0 Å².